The normalized spacial score (nSPS) is 24.4. The number of aromatic nitrogens is 3. The number of piperazine rings is 1. The Bertz CT molecular complexity index is 794. The molecule has 0 aromatic carbocycles. The van der Waals surface area contributed by atoms with Crippen LogP contribution in [0.2, 0.25) is 0 Å². The van der Waals surface area contributed by atoms with Gasteiger partial charge in [0.15, 0.2) is 5.65 Å². The molecule has 7 nitrogen and oxygen atoms in total. The van der Waals surface area contributed by atoms with E-state index in [1.807, 2.05) is 12.1 Å². The zero-order chi connectivity index (χ0) is 18.8. The lowest BCUT2D eigenvalue weighted by Crippen LogP contribution is -2.52. The molecule has 2 atom stereocenters. The summed E-state index contributed by atoms with van der Waals surface area (Å²) in [4.78, 5) is 32.5. The van der Waals surface area contributed by atoms with Crippen molar-refractivity contribution in [2.45, 2.75) is 20.3 Å². The van der Waals surface area contributed by atoms with Crippen molar-refractivity contribution in [1.82, 2.24) is 24.8 Å². The van der Waals surface area contributed by atoms with Gasteiger partial charge >= 0.3 is 0 Å². The quantitative estimate of drug-likeness (QED) is 0.821. The summed E-state index contributed by atoms with van der Waals surface area (Å²) in [6, 6.07) is 3.98. The number of likely N-dealkylation sites (tertiary alicyclic amines) is 1. The third kappa shape index (κ3) is 4.18. The van der Waals surface area contributed by atoms with E-state index in [0.717, 1.165) is 50.6 Å². The average molecular weight is 368 g/mol. The molecular formula is C20H28N6O. The molecule has 0 aliphatic carbocycles. The summed E-state index contributed by atoms with van der Waals surface area (Å²) in [5.74, 6) is 2.43. The van der Waals surface area contributed by atoms with Crippen LogP contribution < -0.4 is 4.90 Å². The molecule has 2 unspecified atom stereocenters. The molecule has 1 amide bonds. The van der Waals surface area contributed by atoms with Gasteiger partial charge < -0.3 is 9.80 Å². The highest BCUT2D eigenvalue weighted by molar-refractivity contribution is 5.78. The third-order valence-electron chi connectivity index (χ3n) is 5.59. The fourth-order valence-corrected chi connectivity index (χ4v) is 4.31. The smallest absolute Gasteiger partial charge is 0.236 e. The highest BCUT2D eigenvalue weighted by atomic mass is 16.2. The molecule has 0 saturated carbocycles. The number of carbonyl (C=O) groups excluding carboxylic acids is 1. The Morgan fingerprint density at radius 2 is 1.74 bits per heavy atom. The van der Waals surface area contributed by atoms with E-state index in [2.05, 4.69) is 43.5 Å². The molecule has 0 spiro atoms. The van der Waals surface area contributed by atoms with Crippen molar-refractivity contribution < 1.29 is 4.79 Å². The van der Waals surface area contributed by atoms with Gasteiger partial charge in [0.25, 0.3) is 0 Å². The fourth-order valence-electron chi connectivity index (χ4n) is 4.31. The lowest BCUT2D eigenvalue weighted by Gasteiger charge is -2.38. The second-order valence-corrected chi connectivity index (χ2v) is 8.08. The van der Waals surface area contributed by atoms with Gasteiger partial charge in [-0.1, -0.05) is 13.8 Å². The number of fused-ring (bicyclic) bond motifs is 1. The highest BCUT2D eigenvalue weighted by Crippen LogP contribution is 2.21. The summed E-state index contributed by atoms with van der Waals surface area (Å²) in [6.07, 6.45) is 4.58. The number of rotatable bonds is 3. The second kappa shape index (κ2) is 7.76. The van der Waals surface area contributed by atoms with Gasteiger partial charge in [0.1, 0.15) is 11.3 Å². The highest BCUT2D eigenvalue weighted by Gasteiger charge is 2.27. The molecule has 4 heterocycles. The first-order valence-electron chi connectivity index (χ1n) is 9.91. The Balaban J connectivity index is 1.32. The first-order chi connectivity index (χ1) is 13.1. The summed E-state index contributed by atoms with van der Waals surface area (Å²) < 4.78 is 0. The molecule has 2 aliphatic rings. The molecule has 2 saturated heterocycles. The Morgan fingerprint density at radius 1 is 1.04 bits per heavy atom. The molecule has 144 valence electrons. The van der Waals surface area contributed by atoms with Crippen molar-refractivity contribution >= 4 is 22.9 Å². The van der Waals surface area contributed by atoms with Gasteiger partial charge in [-0.25, -0.2) is 9.97 Å². The van der Waals surface area contributed by atoms with E-state index >= 15 is 0 Å². The first-order valence-corrected chi connectivity index (χ1v) is 9.91. The first kappa shape index (κ1) is 18.1. The van der Waals surface area contributed by atoms with Crippen molar-refractivity contribution in [2.24, 2.45) is 11.8 Å². The minimum atomic E-state index is 0.279. The fraction of sp³-hybridized carbons (Fsp3) is 0.600. The summed E-state index contributed by atoms with van der Waals surface area (Å²) in [5.41, 5.74) is 1.50. The Kier molecular flexibility index (Phi) is 5.20. The summed E-state index contributed by atoms with van der Waals surface area (Å²) in [5, 5.41) is 0. The predicted molar refractivity (Wildman–Crippen MR) is 106 cm³/mol. The predicted octanol–water partition coefficient (Wildman–Crippen LogP) is 1.65. The van der Waals surface area contributed by atoms with E-state index in [-0.39, 0.29) is 5.91 Å². The van der Waals surface area contributed by atoms with Crippen LogP contribution in [0.25, 0.3) is 11.2 Å². The van der Waals surface area contributed by atoms with Gasteiger partial charge in [0, 0.05) is 51.7 Å². The molecule has 27 heavy (non-hydrogen) atoms. The minimum absolute atomic E-state index is 0.279. The van der Waals surface area contributed by atoms with Gasteiger partial charge in [-0.05, 0) is 30.4 Å². The van der Waals surface area contributed by atoms with Crippen molar-refractivity contribution in [1.29, 1.82) is 0 Å². The number of piperidine rings is 1. The van der Waals surface area contributed by atoms with Crippen LogP contribution >= 0.6 is 0 Å². The van der Waals surface area contributed by atoms with Gasteiger partial charge in [-0.3, -0.25) is 14.7 Å². The molecule has 0 bridgehead atoms. The number of hydrogen-bond donors (Lipinski definition) is 0. The lowest BCUT2D eigenvalue weighted by atomic mass is 9.92. The summed E-state index contributed by atoms with van der Waals surface area (Å²) in [6.45, 7) is 10.3. The van der Waals surface area contributed by atoms with E-state index < -0.39 is 0 Å². The number of amides is 1. The number of anilines is 1. The minimum Gasteiger partial charge on any atom is -0.354 e. The maximum Gasteiger partial charge on any atom is 0.236 e. The Labute approximate surface area is 160 Å². The van der Waals surface area contributed by atoms with Gasteiger partial charge in [0.05, 0.1) is 6.54 Å². The topological polar surface area (TPSA) is 65.5 Å². The van der Waals surface area contributed by atoms with E-state index in [9.17, 15) is 4.79 Å². The lowest BCUT2D eigenvalue weighted by molar-refractivity contribution is -0.135. The second-order valence-electron chi connectivity index (χ2n) is 8.08. The van der Waals surface area contributed by atoms with Crippen molar-refractivity contribution in [3.63, 3.8) is 0 Å². The van der Waals surface area contributed by atoms with Crippen LogP contribution in [0.5, 0.6) is 0 Å². The van der Waals surface area contributed by atoms with Crippen molar-refractivity contribution in [3.05, 3.63) is 24.5 Å². The van der Waals surface area contributed by atoms with E-state index in [0.29, 0.717) is 24.0 Å². The number of hydrogen-bond acceptors (Lipinski definition) is 6. The molecule has 0 N–H and O–H groups in total. The third-order valence-corrected chi connectivity index (χ3v) is 5.59. The Hall–Kier alpha value is -2.28. The molecule has 2 aromatic heterocycles. The number of nitrogens with zero attached hydrogens (tertiary/aromatic N) is 6. The maximum absolute atomic E-state index is 12.7. The molecule has 4 rings (SSSR count). The van der Waals surface area contributed by atoms with E-state index in [1.165, 1.54) is 6.42 Å². The molecule has 0 radical (unpaired) electrons. The van der Waals surface area contributed by atoms with Crippen LogP contribution in [0.15, 0.2) is 24.5 Å². The van der Waals surface area contributed by atoms with Crippen LogP contribution in [-0.4, -0.2) is 76.5 Å². The monoisotopic (exact) mass is 368 g/mol. The van der Waals surface area contributed by atoms with Crippen LogP contribution in [0.1, 0.15) is 20.3 Å². The molecule has 2 aliphatic heterocycles. The van der Waals surface area contributed by atoms with Crippen LogP contribution in [-0.2, 0) is 4.79 Å². The van der Waals surface area contributed by atoms with Crippen molar-refractivity contribution in [2.75, 3.05) is 50.7 Å². The summed E-state index contributed by atoms with van der Waals surface area (Å²) in [7, 11) is 0. The molecule has 2 fully saturated rings. The van der Waals surface area contributed by atoms with Crippen molar-refractivity contribution in [3.8, 4) is 0 Å². The molecule has 7 heteroatoms. The van der Waals surface area contributed by atoms with E-state index in [1.54, 1.807) is 12.4 Å². The standard InChI is InChI=1S/C20H28N6O/c1-15-11-16(2)13-26(12-15)19(27)14-24-7-9-25(10-8-24)18-4-3-17-20(23-18)22-6-5-21-17/h3-6,15-16H,7-14H2,1-2H3. The SMILES string of the molecule is CC1CC(C)CN(C(=O)CN2CCN(c3ccc4nccnc4n3)CC2)C1. The summed E-state index contributed by atoms with van der Waals surface area (Å²) >= 11 is 0. The van der Waals surface area contributed by atoms with Gasteiger partial charge in [-0.15, -0.1) is 0 Å². The van der Waals surface area contributed by atoms with Crippen LogP contribution in [0.4, 0.5) is 5.82 Å². The number of pyridine rings is 1. The molecular weight excluding hydrogens is 340 g/mol. The Morgan fingerprint density at radius 3 is 2.48 bits per heavy atom. The largest absolute Gasteiger partial charge is 0.354 e. The average Bonchev–Trinajstić information content (AvgIpc) is 2.67. The van der Waals surface area contributed by atoms with Crippen LogP contribution in [0.3, 0.4) is 0 Å². The van der Waals surface area contributed by atoms with E-state index in [4.69, 9.17) is 0 Å². The maximum atomic E-state index is 12.7. The zero-order valence-corrected chi connectivity index (χ0v) is 16.2. The zero-order valence-electron chi connectivity index (χ0n) is 16.2. The van der Waals surface area contributed by atoms with Gasteiger partial charge in [0.2, 0.25) is 5.91 Å². The molecule has 2 aromatic rings. The number of carbonyl (C=O) groups is 1. The van der Waals surface area contributed by atoms with Crippen LogP contribution in [0, 0.1) is 11.8 Å². The van der Waals surface area contributed by atoms with Gasteiger partial charge in [-0.2, -0.15) is 0 Å².